The van der Waals surface area contributed by atoms with Gasteiger partial charge in [-0.15, -0.1) is 0 Å². The van der Waals surface area contributed by atoms with E-state index in [4.69, 9.17) is 4.74 Å². The number of carbonyl (C=O) groups excluding carboxylic acids is 2. The highest BCUT2D eigenvalue weighted by Crippen LogP contribution is 2.05. The smallest absolute Gasteiger partial charge is 0.325 e. The average Bonchev–Trinajstić information content (AvgIpc) is 2.52. The Bertz CT molecular complexity index is 632. The normalized spacial score (nSPS) is 9.95. The summed E-state index contributed by atoms with van der Waals surface area (Å²) < 4.78 is 18.3. The minimum atomic E-state index is -0.664. The highest BCUT2D eigenvalue weighted by Gasteiger charge is 2.12. The molecule has 0 fully saturated rings. The van der Waals surface area contributed by atoms with Gasteiger partial charge in [0.2, 0.25) is 0 Å². The second-order valence-electron chi connectivity index (χ2n) is 4.14. The number of nitrogens with zero attached hydrogens (tertiary/aromatic N) is 1. The fourth-order valence-corrected chi connectivity index (χ4v) is 1.58. The maximum absolute atomic E-state index is 13.3. The number of amides is 1. The predicted molar refractivity (Wildman–Crippen MR) is 72.8 cm³/mol. The molecular formula is C15H13FN2O3. The number of ether oxygens (including phenoxy) is 1. The molecule has 1 N–H and O–H groups in total. The van der Waals surface area contributed by atoms with E-state index in [1.165, 1.54) is 24.3 Å². The van der Waals surface area contributed by atoms with Gasteiger partial charge < -0.3 is 10.1 Å². The van der Waals surface area contributed by atoms with Crippen LogP contribution in [0.3, 0.4) is 0 Å². The van der Waals surface area contributed by atoms with Crippen LogP contribution in [0.15, 0.2) is 48.7 Å². The SMILES string of the molecule is O=C(CNC(=O)c1ccccc1F)OCc1ccccn1. The van der Waals surface area contributed by atoms with Crippen molar-refractivity contribution in [1.82, 2.24) is 10.3 Å². The van der Waals surface area contributed by atoms with Crippen LogP contribution in [0.1, 0.15) is 16.1 Å². The van der Waals surface area contributed by atoms with E-state index in [0.29, 0.717) is 5.69 Å². The van der Waals surface area contributed by atoms with Crippen LogP contribution in [0.25, 0.3) is 0 Å². The van der Waals surface area contributed by atoms with Crippen LogP contribution < -0.4 is 5.32 Å². The van der Waals surface area contributed by atoms with E-state index in [1.807, 2.05) is 0 Å². The lowest BCUT2D eigenvalue weighted by Crippen LogP contribution is -2.31. The molecular weight excluding hydrogens is 275 g/mol. The summed E-state index contributed by atoms with van der Waals surface area (Å²) in [6, 6.07) is 10.8. The molecule has 1 aromatic carbocycles. The van der Waals surface area contributed by atoms with Gasteiger partial charge in [0, 0.05) is 6.20 Å². The van der Waals surface area contributed by atoms with Crippen LogP contribution in [-0.4, -0.2) is 23.4 Å². The summed E-state index contributed by atoms with van der Waals surface area (Å²) in [4.78, 5) is 27.1. The van der Waals surface area contributed by atoms with Crippen LogP contribution in [0.4, 0.5) is 4.39 Å². The highest BCUT2D eigenvalue weighted by atomic mass is 19.1. The van der Waals surface area contributed by atoms with Crippen LogP contribution in [0.5, 0.6) is 0 Å². The lowest BCUT2D eigenvalue weighted by atomic mass is 10.2. The monoisotopic (exact) mass is 288 g/mol. The minimum Gasteiger partial charge on any atom is -0.458 e. The summed E-state index contributed by atoms with van der Waals surface area (Å²) in [6.07, 6.45) is 1.59. The molecule has 108 valence electrons. The summed E-state index contributed by atoms with van der Waals surface area (Å²) in [5.74, 6) is -1.93. The van der Waals surface area contributed by atoms with Crippen molar-refractivity contribution in [2.24, 2.45) is 0 Å². The number of benzene rings is 1. The van der Waals surface area contributed by atoms with E-state index >= 15 is 0 Å². The summed E-state index contributed by atoms with van der Waals surface area (Å²) in [5, 5.41) is 2.30. The average molecular weight is 288 g/mol. The predicted octanol–water partition coefficient (Wildman–Crippen LogP) is 1.69. The Morgan fingerprint density at radius 2 is 1.90 bits per heavy atom. The number of hydrogen-bond acceptors (Lipinski definition) is 4. The number of nitrogens with one attached hydrogen (secondary N) is 1. The molecule has 0 aliphatic rings. The molecule has 0 radical (unpaired) electrons. The maximum Gasteiger partial charge on any atom is 0.325 e. The van der Waals surface area contributed by atoms with Crippen molar-refractivity contribution in [3.63, 3.8) is 0 Å². The van der Waals surface area contributed by atoms with E-state index in [2.05, 4.69) is 10.3 Å². The zero-order valence-corrected chi connectivity index (χ0v) is 11.1. The Labute approximate surface area is 120 Å². The molecule has 2 aromatic rings. The van der Waals surface area contributed by atoms with Gasteiger partial charge in [0.05, 0.1) is 11.3 Å². The molecule has 1 amide bonds. The van der Waals surface area contributed by atoms with Gasteiger partial charge in [-0.1, -0.05) is 18.2 Å². The zero-order valence-electron chi connectivity index (χ0n) is 11.1. The first-order chi connectivity index (χ1) is 10.2. The van der Waals surface area contributed by atoms with Crippen molar-refractivity contribution in [3.8, 4) is 0 Å². The number of carbonyl (C=O) groups is 2. The standard InChI is InChI=1S/C15H13FN2O3/c16-13-7-2-1-6-12(13)15(20)18-9-14(19)21-10-11-5-3-4-8-17-11/h1-8H,9-10H2,(H,18,20). The number of pyridine rings is 1. The molecule has 21 heavy (non-hydrogen) atoms. The Morgan fingerprint density at radius 1 is 1.14 bits per heavy atom. The van der Waals surface area contributed by atoms with E-state index < -0.39 is 17.7 Å². The molecule has 0 atom stereocenters. The number of halogens is 1. The van der Waals surface area contributed by atoms with Crippen LogP contribution in [0, 0.1) is 5.82 Å². The van der Waals surface area contributed by atoms with Gasteiger partial charge in [0.15, 0.2) is 0 Å². The van der Waals surface area contributed by atoms with E-state index in [1.54, 1.807) is 24.4 Å². The number of esters is 1. The van der Waals surface area contributed by atoms with Crippen LogP contribution >= 0.6 is 0 Å². The molecule has 2 rings (SSSR count). The first-order valence-electron chi connectivity index (χ1n) is 6.25. The summed E-state index contributed by atoms with van der Waals surface area (Å²) in [7, 11) is 0. The molecule has 0 saturated carbocycles. The minimum absolute atomic E-state index is 0.0231. The third-order valence-corrected chi connectivity index (χ3v) is 2.62. The van der Waals surface area contributed by atoms with Crippen LogP contribution in [-0.2, 0) is 16.1 Å². The molecule has 0 saturated heterocycles. The highest BCUT2D eigenvalue weighted by molar-refractivity contribution is 5.96. The fourth-order valence-electron chi connectivity index (χ4n) is 1.58. The molecule has 1 heterocycles. The summed E-state index contributed by atoms with van der Waals surface area (Å²) >= 11 is 0. The Hall–Kier alpha value is -2.76. The van der Waals surface area contributed by atoms with Crippen molar-refractivity contribution in [3.05, 3.63) is 65.7 Å². The third-order valence-electron chi connectivity index (χ3n) is 2.62. The van der Waals surface area contributed by atoms with Crippen molar-refractivity contribution in [2.45, 2.75) is 6.61 Å². The second kappa shape index (κ2) is 7.14. The molecule has 0 aliphatic carbocycles. The second-order valence-corrected chi connectivity index (χ2v) is 4.14. The van der Waals surface area contributed by atoms with Gasteiger partial charge in [0.25, 0.3) is 5.91 Å². The van der Waals surface area contributed by atoms with Crippen molar-refractivity contribution in [1.29, 1.82) is 0 Å². The van der Waals surface area contributed by atoms with Crippen molar-refractivity contribution < 1.29 is 18.7 Å². The molecule has 6 heteroatoms. The maximum atomic E-state index is 13.3. The summed E-state index contributed by atoms with van der Waals surface area (Å²) in [5.41, 5.74) is 0.487. The molecule has 5 nitrogen and oxygen atoms in total. The molecule has 0 unspecified atom stereocenters. The number of hydrogen-bond donors (Lipinski definition) is 1. The summed E-state index contributed by atoms with van der Waals surface area (Å²) in [6.45, 7) is -0.310. The largest absolute Gasteiger partial charge is 0.458 e. The molecule has 0 spiro atoms. The van der Waals surface area contributed by atoms with Gasteiger partial charge in [-0.3, -0.25) is 14.6 Å². The first kappa shape index (κ1) is 14.6. The quantitative estimate of drug-likeness (QED) is 0.850. The number of rotatable bonds is 5. The van der Waals surface area contributed by atoms with Crippen molar-refractivity contribution in [2.75, 3.05) is 6.54 Å². The lowest BCUT2D eigenvalue weighted by Gasteiger charge is -2.06. The van der Waals surface area contributed by atoms with E-state index in [9.17, 15) is 14.0 Å². The van der Waals surface area contributed by atoms with Gasteiger partial charge in [0.1, 0.15) is 19.0 Å². The van der Waals surface area contributed by atoms with Crippen LogP contribution in [0.2, 0.25) is 0 Å². The van der Waals surface area contributed by atoms with E-state index in [-0.39, 0.29) is 18.7 Å². The molecule has 1 aromatic heterocycles. The lowest BCUT2D eigenvalue weighted by molar-refractivity contribution is -0.143. The van der Waals surface area contributed by atoms with Gasteiger partial charge in [-0.05, 0) is 24.3 Å². The van der Waals surface area contributed by atoms with Gasteiger partial charge in [-0.2, -0.15) is 0 Å². The number of aromatic nitrogens is 1. The fraction of sp³-hybridized carbons (Fsp3) is 0.133. The zero-order chi connectivity index (χ0) is 15.1. The molecule has 0 bridgehead atoms. The van der Waals surface area contributed by atoms with Crippen molar-refractivity contribution >= 4 is 11.9 Å². The van der Waals surface area contributed by atoms with Gasteiger partial charge in [-0.25, -0.2) is 4.39 Å². The molecule has 0 aliphatic heterocycles. The topological polar surface area (TPSA) is 68.3 Å². The Morgan fingerprint density at radius 3 is 2.62 bits per heavy atom. The Balaban J connectivity index is 1.79. The van der Waals surface area contributed by atoms with E-state index in [0.717, 1.165) is 0 Å². The third kappa shape index (κ3) is 4.38. The Kier molecular flexibility index (Phi) is 4.98. The van der Waals surface area contributed by atoms with Gasteiger partial charge >= 0.3 is 5.97 Å². The first-order valence-corrected chi connectivity index (χ1v) is 6.25.